The number of fused-ring (bicyclic) bond motifs is 12. The number of hydrogen-bond acceptors (Lipinski definition) is 5. The molecule has 8 rings (SSSR count). The van der Waals surface area contributed by atoms with E-state index in [4.69, 9.17) is 9.72 Å². The summed E-state index contributed by atoms with van der Waals surface area (Å²) in [5.74, 6) is 1.17. The minimum atomic E-state index is -0.0131. The average Bonchev–Trinajstić information content (AvgIpc) is 3.63. The molecule has 3 aromatic carbocycles. The van der Waals surface area contributed by atoms with E-state index in [1.165, 1.54) is 16.5 Å². The molecule has 5 aromatic heterocycles. The van der Waals surface area contributed by atoms with Gasteiger partial charge in [0, 0.05) is 53.4 Å². The molecular weight excluding hydrogens is 679 g/mol. The van der Waals surface area contributed by atoms with Gasteiger partial charge in [-0.25, -0.2) is 9.97 Å². The van der Waals surface area contributed by atoms with Crippen molar-refractivity contribution in [1.29, 1.82) is 0 Å². The van der Waals surface area contributed by atoms with Gasteiger partial charge in [0.05, 0.1) is 11.3 Å². The molecule has 40 heavy (non-hydrogen) atoms. The van der Waals surface area contributed by atoms with Crippen LogP contribution in [0.3, 0.4) is 0 Å². The van der Waals surface area contributed by atoms with Crippen LogP contribution in [0.5, 0.6) is 11.5 Å². The van der Waals surface area contributed by atoms with Gasteiger partial charge in [-0.2, -0.15) is 0 Å². The predicted octanol–water partition coefficient (Wildman–Crippen LogP) is 7.07. The zero-order valence-electron chi connectivity index (χ0n) is 21.9. The molecule has 0 N–H and O–H groups in total. The molecule has 0 radical (unpaired) electrons. The second-order valence-corrected chi connectivity index (χ2v) is 10.8. The van der Waals surface area contributed by atoms with Gasteiger partial charge in [-0.05, 0) is 16.4 Å². The summed E-state index contributed by atoms with van der Waals surface area (Å²) in [6, 6.07) is 21.4. The first-order chi connectivity index (χ1) is 19.0. The van der Waals surface area contributed by atoms with Gasteiger partial charge >= 0.3 is 21.1 Å². The van der Waals surface area contributed by atoms with Crippen molar-refractivity contribution in [3.05, 3.63) is 97.5 Å². The number of imidazole rings is 2. The quantitative estimate of drug-likeness (QED) is 0.143. The molecule has 8 aromatic rings. The van der Waals surface area contributed by atoms with E-state index >= 15 is 0 Å². The van der Waals surface area contributed by atoms with Crippen LogP contribution in [0.1, 0.15) is 26.3 Å². The fraction of sp³-hybridized carbons (Fsp3) is 0.125. The van der Waals surface area contributed by atoms with Crippen LogP contribution in [0.15, 0.2) is 79.8 Å². The Bertz CT molecular complexity index is 2260. The van der Waals surface area contributed by atoms with E-state index < -0.39 is 0 Å². The van der Waals surface area contributed by atoms with Crippen molar-refractivity contribution >= 4 is 54.8 Å². The maximum atomic E-state index is 6.33. The van der Waals surface area contributed by atoms with Gasteiger partial charge in [-0.3, -0.25) is 9.97 Å². The van der Waals surface area contributed by atoms with Crippen molar-refractivity contribution in [1.82, 2.24) is 28.7 Å². The zero-order chi connectivity index (χ0) is 26.3. The third kappa shape index (κ3) is 3.54. The first-order valence-corrected chi connectivity index (χ1v) is 12.8. The monoisotopic (exact) mass is 701 g/mol. The van der Waals surface area contributed by atoms with E-state index in [-0.39, 0.29) is 26.5 Å². The van der Waals surface area contributed by atoms with Crippen molar-refractivity contribution in [2.24, 2.45) is 0 Å². The second kappa shape index (κ2) is 8.83. The average molecular weight is 702 g/mol. The Labute approximate surface area is 243 Å². The Morgan fingerprint density at radius 2 is 1.35 bits per heavy atom. The van der Waals surface area contributed by atoms with Gasteiger partial charge < -0.3 is 13.5 Å². The number of pyridine rings is 2. The molecule has 0 fully saturated rings. The van der Waals surface area contributed by atoms with Crippen LogP contribution in [-0.2, 0) is 26.5 Å². The minimum absolute atomic E-state index is 0. The number of para-hydroxylation sites is 1. The second-order valence-electron chi connectivity index (χ2n) is 10.8. The summed E-state index contributed by atoms with van der Waals surface area (Å²) in [5, 5.41) is 5.92. The summed E-state index contributed by atoms with van der Waals surface area (Å²) < 4.78 is 10.5. The molecule has 0 unspecified atom stereocenters. The fourth-order valence-electron chi connectivity index (χ4n) is 5.65. The van der Waals surface area contributed by atoms with Crippen molar-refractivity contribution in [2.75, 3.05) is 0 Å². The molecule has 8 heteroatoms. The number of benzene rings is 3. The minimum Gasteiger partial charge on any atom is -0.497 e. The van der Waals surface area contributed by atoms with Crippen molar-refractivity contribution in [2.45, 2.75) is 26.2 Å². The maximum Gasteiger partial charge on any atom is 2.00 e. The summed E-state index contributed by atoms with van der Waals surface area (Å²) in [6.45, 7) is 6.72. The number of ether oxygens (including phenoxy) is 1. The van der Waals surface area contributed by atoms with E-state index in [0.29, 0.717) is 11.5 Å². The number of rotatable bonds is 2. The number of nitrogens with zero attached hydrogens (tertiary/aromatic N) is 6. The Balaban J connectivity index is 0.00000264. The summed E-state index contributed by atoms with van der Waals surface area (Å²) in [6.07, 6.45) is 10.9. The van der Waals surface area contributed by atoms with Crippen LogP contribution in [0.2, 0.25) is 0 Å². The molecular formula is C32H22N6OPt. The summed E-state index contributed by atoms with van der Waals surface area (Å²) in [7, 11) is 0. The Morgan fingerprint density at radius 1 is 0.700 bits per heavy atom. The molecule has 0 aliphatic rings. The Morgan fingerprint density at radius 3 is 2.05 bits per heavy atom. The van der Waals surface area contributed by atoms with Crippen LogP contribution in [0.25, 0.3) is 54.8 Å². The first kappa shape index (κ1) is 24.7. The molecule has 0 spiro atoms. The van der Waals surface area contributed by atoms with E-state index in [0.717, 1.165) is 43.9 Å². The molecule has 0 atom stereocenters. The molecule has 0 amide bonds. The molecule has 0 bridgehead atoms. The molecule has 0 aliphatic carbocycles. The summed E-state index contributed by atoms with van der Waals surface area (Å²) >= 11 is 0. The summed E-state index contributed by atoms with van der Waals surface area (Å²) in [5.41, 5.74) is 4.87. The largest absolute Gasteiger partial charge is 2.00 e. The number of aromatic nitrogens is 6. The van der Waals surface area contributed by atoms with Gasteiger partial charge in [0.25, 0.3) is 0 Å². The Hall–Kier alpha value is -4.35. The van der Waals surface area contributed by atoms with Gasteiger partial charge in [0.15, 0.2) is 0 Å². The van der Waals surface area contributed by atoms with Crippen molar-refractivity contribution in [3.63, 3.8) is 0 Å². The SMILES string of the molecule is CC(C)(C)c1cccc2c3ccc(Oc4[c-]c5c(cc4)c4cncnc4n4ccnc54)[c-]c3c3nccn3c12.[Pt+2]. The Kier molecular flexibility index (Phi) is 5.45. The van der Waals surface area contributed by atoms with E-state index in [9.17, 15) is 0 Å². The van der Waals surface area contributed by atoms with Gasteiger partial charge in [0.2, 0.25) is 0 Å². The molecule has 0 saturated carbocycles. The van der Waals surface area contributed by atoms with E-state index in [1.54, 1.807) is 12.5 Å². The fourth-order valence-corrected chi connectivity index (χ4v) is 5.65. The third-order valence-corrected chi connectivity index (χ3v) is 7.37. The molecule has 0 saturated heterocycles. The van der Waals surface area contributed by atoms with E-state index in [1.807, 2.05) is 47.4 Å². The molecule has 5 heterocycles. The maximum absolute atomic E-state index is 6.33. The van der Waals surface area contributed by atoms with Gasteiger partial charge in [0.1, 0.15) is 12.0 Å². The van der Waals surface area contributed by atoms with Crippen LogP contribution >= 0.6 is 0 Å². The van der Waals surface area contributed by atoms with Crippen LogP contribution in [0, 0.1) is 12.1 Å². The van der Waals surface area contributed by atoms with Gasteiger partial charge in [-0.15, -0.1) is 12.1 Å². The normalized spacial score (nSPS) is 12.2. The first-order valence-electron chi connectivity index (χ1n) is 12.8. The summed E-state index contributed by atoms with van der Waals surface area (Å²) in [4.78, 5) is 18.0. The van der Waals surface area contributed by atoms with Crippen LogP contribution in [0.4, 0.5) is 0 Å². The van der Waals surface area contributed by atoms with Gasteiger partial charge in [-0.1, -0.05) is 84.8 Å². The van der Waals surface area contributed by atoms with Crippen LogP contribution < -0.4 is 4.74 Å². The topological polar surface area (TPSA) is 69.6 Å². The zero-order valence-corrected chi connectivity index (χ0v) is 24.2. The van der Waals surface area contributed by atoms with Crippen molar-refractivity contribution < 1.29 is 25.8 Å². The third-order valence-electron chi connectivity index (χ3n) is 7.37. The number of hydrogen-bond donors (Lipinski definition) is 0. The van der Waals surface area contributed by atoms with Crippen molar-refractivity contribution in [3.8, 4) is 11.5 Å². The smallest absolute Gasteiger partial charge is 0.497 e. The van der Waals surface area contributed by atoms with E-state index in [2.05, 4.69) is 76.5 Å². The molecule has 7 nitrogen and oxygen atoms in total. The molecule has 0 aliphatic heterocycles. The standard InChI is InChI=1S/C32H22N6O.Pt/c1-32(2,3)27-6-4-5-23-21-9-7-19(15-24(21)29-34-11-13-37(29)28(23)27)39-20-8-10-22-25(16-20)30-35-12-14-38(30)31-26(22)17-33-18-36-31;/h4-14,17-18H,1-3H3;/q-2;+2. The predicted molar refractivity (Wildman–Crippen MR) is 152 cm³/mol. The van der Waals surface area contributed by atoms with Crippen LogP contribution in [-0.4, -0.2) is 28.7 Å². The molecule has 196 valence electrons.